The molecule has 1 saturated heterocycles. The van der Waals surface area contributed by atoms with Gasteiger partial charge in [0.1, 0.15) is 0 Å². The van der Waals surface area contributed by atoms with Crippen LogP contribution in [0.15, 0.2) is 18.2 Å². The number of aryl methyl sites for hydroxylation is 2. The number of benzene rings is 1. The molecule has 112 valence electrons. The van der Waals surface area contributed by atoms with Crippen LogP contribution in [0.25, 0.3) is 0 Å². The molecule has 1 aliphatic rings. The third kappa shape index (κ3) is 4.20. The van der Waals surface area contributed by atoms with Crippen molar-refractivity contribution in [3.05, 3.63) is 29.3 Å². The first-order valence-corrected chi connectivity index (χ1v) is 7.33. The van der Waals surface area contributed by atoms with Crippen molar-refractivity contribution in [3.8, 4) is 0 Å². The first-order chi connectivity index (χ1) is 9.56. The molecule has 1 aliphatic heterocycles. The summed E-state index contributed by atoms with van der Waals surface area (Å²) in [6.45, 7) is 8.99. The molecule has 1 N–H and O–H groups in total. The van der Waals surface area contributed by atoms with E-state index in [1.165, 1.54) is 16.8 Å². The van der Waals surface area contributed by atoms with E-state index >= 15 is 0 Å². The summed E-state index contributed by atoms with van der Waals surface area (Å²) in [4.78, 5) is 4.41. The molecule has 0 bridgehead atoms. The molecular formula is C16H26N2O2. The normalized spacial score (nSPS) is 18.0. The summed E-state index contributed by atoms with van der Waals surface area (Å²) >= 11 is 0. The summed E-state index contributed by atoms with van der Waals surface area (Å²) < 4.78 is 5.32. The molecule has 2 rings (SSSR count). The third-order valence-electron chi connectivity index (χ3n) is 3.82. The first-order valence-electron chi connectivity index (χ1n) is 7.33. The summed E-state index contributed by atoms with van der Waals surface area (Å²) in [5, 5.41) is 10.3. The van der Waals surface area contributed by atoms with Crippen molar-refractivity contribution in [3.63, 3.8) is 0 Å². The summed E-state index contributed by atoms with van der Waals surface area (Å²) in [5.41, 5.74) is 3.72. The van der Waals surface area contributed by atoms with Crippen molar-refractivity contribution < 1.29 is 9.84 Å². The van der Waals surface area contributed by atoms with Crippen LogP contribution in [0.3, 0.4) is 0 Å². The number of rotatable bonds is 5. The van der Waals surface area contributed by atoms with E-state index in [1.807, 2.05) is 7.05 Å². The quantitative estimate of drug-likeness (QED) is 0.884. The molecule has 1 aromatic carbocycles. The van der Waals surface area contributed by atoms with Crippen LogP contribution in [0.5, 0.6) is 0 Å². The van der Waals surface area contributed by atoms with E-state index in [9.17, 15) is 5.11 Å². The molecule has 0 spiro atoms. The highest BCUT2D eigenvalue weighted by Gasteiger charge is 2.16. The Bertz CT molecular complexity index is 430. The Hall–Kier alpha value is -1.10. The number of β-amino-alcohol motifs (C(OH)–C–C–N with tert-alkyl or cyclic N) is 1. The van der Waals surface area contributed by atoms with E-state index in [-0.39, 0.29) is 6.10 Å². The monoisotopic (exact) mass is 278 g/mol. The van der Waals surface area contributed by atoms with Crippen LogP contribution < -0.4 is 4.90 Å². The number of hydrogen-bond donors (Lipinski definition) is 1. The zero-order valence-electron chi connectivity index (χ0n) is 12.8. The van der Waals surface area contributed by atoms with E-state index in [0.717, 1.165) is 32.8 Å². The topological polar surface area (TPSA) is 35.9 Å². The van der Waals surface area contributed by atoms with Crippen molar-refractivity contribution >= 4 is 5.69 Å². The smallest absolute Gasteiger partial charge is 0.0841 e. The second kappa shape index (κ2) is 7.07. The molecule has 4 heteroatoms. The van der Waals surface area contributed by atoms with Crippen LogP contribution in [0, 0.1) is 13.8 Å². The van der Waals surface area contributed by atoms with Gasteiger partial charge in [-0.3, -0.25) is 4.90 Å². The van der Waals surface area contributed by atoms with E-state index in [1.54, 1.807) is 0 Å². The van der Waals surface area contributed by atoms with Crippen molar-refractivity contribution in [2.45, 2.75) is 20.0 Å². The number of hydrogen-bond acceptors (Lipinski definition) is 4. The van der Waals surface area contributed by atoms with Gasteiger partial charge in [0.2, 0.25) is 0 Å². The highest BCUT2D eigenvalue weighted by molar-refractivity contribution is 5.53. The molecule has 1 atom stereocenters. The van der Waals surface area contributed by atoms with E-state index in [4.69, 9.17) is 4.74 Å². The average molecular weight is 278 g/mol. The number of likely N-dealkylation sites (N-methyl/N-ethyl adjacent to an activating group) is 1. The Morgan fingerprint density at radius 3 is 2.65 bits per heavy atom. The number of aliphatic hydroxyl groups excluding tert-OH is 1. The lowest BCUT2D eigenvalue weighted by Gasteiger charge is -2.31. The fourth-order valence-electron chi connectivity index (χ4n) is 2.79. The third-order valence-corrected chi connectivity index (χ3v) is 3.82. The lowest BCUT2D eigenvalue weighted by atomic mass is 10.1. The number of ether oxygens (including phenoxy) is 1. The molecular weight excluding hydrogens is 252 g/mol. The highest BCUT2D eigenvalue weighted by Crippen LogP contribution is 2.20. The van der Waals surface area contributed by atoms with Crippen molar-refractivity contribution in [2.24, 2.45) is 0 Å². The van der Waals surface area contributed by atoms with Gasteiger partial charge in [-0.1, -0.05) is 17.7 Å². The van der Waals surface area contributed by atoms with Gasteiger partial charge in [0.25, 0.3) is 0 Å². The molecule has 0 aromatic heterocycles. The Labute approximate surface area is 122 Å². The molecule has 0 aliphatic carbocycles. The molecule has 4 nitrogen and oxygen atoms in total. The molecule has 0 amide bonds. The van der Waals surface area contributed by atoms with Crippen molar-refractivity contribution in [1.29, 1.82) is 0 Å². The van der Waals surface area contributed by atoms with Gasteiger partial charge in [0, 0.05) is 38.9 Å². The average Bonchev–Trinajstić information content (AvgIpc) is 2.39. The largest absolute Gasteiger partial charge is 0.390 e. The Morgan fingerprint density at radius 1 is 1.30 bits per heavy atom. The van der Waals surface area contributed by atoms with Crippen molar-refractivity contribution in [2.75, 3.05) is 51.3 Å². The maximum absolute atomic E-state index is 10.3. The first kappa shape index (κ1) is 15.3. The van der Waals surface area contributed by atoms with Gasteiger partial charge in [-0.05, 0) is 25.5 Å². The highest BCUT2D eigenvalue weighted by atomic mass is 16.5. The van der Waals surface area contributed by atoms with Gasteiger partial charge in [0.05, 0.1) is 19.3 Å². The molecule has 0 saturated carbocycles. The number of aliphatic hydroxyl groups is 1. The van der Waals surface area contributed by atoms with E-state index in [2.05, 4.69) is 41.8 Å². The zero-order chi connectivity index (χ0) is 14.5. The van der Waals surface area contributed by atoms with E-state index < -0.39 is 0 Å². The lowest BCUT2D eigenvalue weighted by Crippen LogP contribution is -2.44. The molecule has 20 heavy (non-hydrogen) atoms. The summed E-state index contributed by atoms with van der Waals surface area (Å²) in [7, 11) is 2.04. The predicted octanol–water partition coefficient (Wildman–Crippen LogP) is 1.43. The fourth-order valence-corrected chi connectivity index (χ4v) is 2.79. The molecule has 1 aromatic rings. The predicted molar refractivity (Wildman–Crippen MR) is 82.5 cm³/mol. The SMILES string of the molecule is Cc1ccc(N(C)CC(O)CN2CCOCC2)c(C)c1. The van der Waals surface area contributed by atoms with Gasteiger partial charge in [-0.2, -0.15) is 0 Å². The molecule has 1 fully saturated rings. The molecule has 1 unspecified atom stereocenters. The number of morpholine rings is 1. The van der Waals surface area contributed by atoms with Gasteiger partial charge in [0.15, 0.2) is 0 Å². The van der Waals surface area contributed by atoms with Crippen molar-refractivity contribution in [1.82, 2.24) is 4.90 Å². The molecule has 1 heterocycles. The summed E-state index contributed by atoms with van der Waals surface area (Å²) in [6, 6.07) is 6.43. The minimum Gasteiger partial charge on any atom is -0.390 e. The van der Waals surface area contributed by atoms with Crippen LogP contribution in [0.4, 0.5) is 5.69 Å². The number of nitrogens with zero attached hydrogens (tertiary/aromatic N) is 2. The Morgan fingerprint density at radius 2 is 2.00 bits per heavy atom. The summed E-state index contributed by atoms with van der Waals surface area (Å²) in [5.74, 6) is 0. The van der Waals surface area contributed by atoms with Gasteiger partial charge < -0.3 is 14.7 Å². The maximum Gasteiger partial charge on any atom is 0.0841 e. The van der Waals surface area contributed by atoms with Crippen LogP contribution in [-0.2, 0) is 4.74 Å². The Kier molecular flexibility index (Phi) is 5.40. The Balaban J connectivity index is 1.87. The minimum atomic E-state index is -0.334. The minimum absolute atomic E-state index is 0.334. The van der Waals surface area contributed by atoms with E-state index in [0.29, 0.717) is 6.54 Å². The maximum atomic E-state index is 10.3. The second-order valence-electron chi connectivity index (χ2n) is 5.74. The fraction of sp³-hybridized carbons (Fsp3) is 0.625. The van der Waals surface area contributed by atoms with Gasteiger partial charge in [-0.25, -0.2) is 0 Å². The lowest BCUT2D eigenvalue weighted by molar-refractivity contribution is 0.0162. The van der Waals surface area contributed by atoms with Crippen LogP contribution in [0.1, 0.15) is 11.1 Å². The van der Waals surface area contributed by atoms with Gasteiger partial charge >= 0.3 is 0 Å². The van der Waals surface area contributed by atoms with Crippen LogP contribution >= 0.6 is 0 Å². The van der Waals surface area contributed by atoms with Gasteiger partial charge in [-0.15, -0.1) is 0 Å². The molecule has 0 radical (unpaired) electrons. The number of anilines is 1. The second-order valence-corrected chi connectivity index (χ2v) is 5.74. The zero-order valence-corrected chi connectivity index (χ0v) is 12.8. The van der Waals surface area contributed by atoms with Crippen LogP contribution in [0.2, 0.25) is 0 Å². The van der Waals surface area contributed by atoms with Crippen LogP contribution in [-0.4, -0.2) is 62.6 Å². The standard InChI is InChI=1S/C16H26N2O2/c1-13-4-5-16(14(2)10-13)17(3)11-15(19)12-18-6-8-20-9-7-18/h4-5,10,15,19H,6-9,11-12H2,1-3H3. The summed E-state index contributed by atoms with van der Waals surface area (Å²) in [6.07, 6.45) is -0.334.